The quantitative estimate of drug-likeness (QED) is 0.777. The first-order chi connectivity index (χ1) is 9.78. The Kier molecular flexibility index (Phi) is 3.10. The Balaban J connectivity index is 1.81. The van der Waals surface area contributed by atoms with Gasteiger partial charge in [0.25, 0.3) is 0 Å². The van der Waals surface area contributed by atoms with Crippen LogP contribution in [0.3, 0.4) is 0 Å². The summed E-state index contributed by atoms with van der Waals surface area (Å²) in [5.74, 6) is -0.508. The van der Waals surface area contributed by atoms with Crippen molar-refractivity contribution in [3.05, 3.63) is 65.7 Å². The van der Waals surface area contributed by atoms with Crippen molar-refractivity contribution in [2.75, 3.05) is 5.32 Å². The monoisotopic (exact) mass is 266 g/mol. The van der Waals surface area contributed by atoms with E-state index in [4.69, 9.17) is 9.68 Å². The SMILES string of the molecule is N#Cc1cc(NCc2coc3ccccc23)ccc1F. The Hall–Kier alpha value is -2.80. The number of para-hydroxylation sites is 1. The highest BCUT2D eigenvalue weighted by Gasteiger charge is 2.06. The number of anilines is 1. The van der Waals surface area contributed by atoms with Crippen LogP contribution >= 0.6 is 0 Å². The van der Waals surface area contributed by atoms with Crippen LogP contribution in [0.15, 0.2) is 53.1 Å². The van der Waals surface area contributed by atoms with Crippen LogP contribution in [0.1, 0.15) is 11.1 Å². The number of benzene rings is 2. The molecule has 0 unspecified atom stereocenters. The number of nitriles is 1. The first kappa shape index (κ1) is 12.2. The maximum atomic E-state index is 13.2. The minimum atomic E-state index is -0.508. The Bertz CT molecular complexity index is 802. The standard InChI is InChI=1S/C16H11FN2O/c17-15-6-5-13(7-11(15)8-18)19-9-12-10-20-16-4-2-1-3-14(12)16/h1-7,10,19H,9H2. The molecule has 0 saturated heterocycles. The van der Waals surface area contributed by atoms with Crippen molar-refractivity contribution in [1.82, 2.24) is 0 Å². The number of halogens is 1. The molecule has 98 valence electrons. The van der Waals surface area contributed by atoms with Gasteiger partial charge in [0.05, 0.1) is 11.8 Å². The summed E-state index contributed by atoms with van der Waals surface area (Å²) < 4.78 is 18.7. The first-order valence-electron chi connectivity index (χ1n) is 6.16. The molecule has 0 saturated carbocycles. The summed E-state index contributed by atoms with van der Waals surface area (Å²) in [6.45, 7) is 0.549. The van der Waals surface area contributed by atoms with Gasteiger partial charge in [0.2, 0.25) is 0 Å². The lowest BCUT2D eigenvalue weighted by Crippen LogP contribution is -1.99. The van der Waals surface area contributed by atoms with Gasteiger partial charge in [0.1, 0.15) is 17.5 Å². The number of nitrogens with one attached hydrogen (secondary N) is 1. The van der Waals surface area contributed by atoms with E-state index >= 15 is 0 Å². The van der Waals surface area contributed by atoms with Gasteiger partial charge in [-0.05, 0) is 24.3 Å². The van der Waals surface area contributed by atoms with Crippen LogP contribution in [0.5, 0.6) is 0 Å². The summed E-state index contributed by atoms with van der Waals surface area (Å²) in [5.41, 5.74) is 2.59. The van der Waals surface area contributed by atoms with E-state index in [9.17, 15) is 4.39 Å². The Morgan fingerprint density at radius 3 is 2.90 bits per heavy atom. The molecule has 2 aromatic carbocycles. The number of rotatable bonds is 3. The van der Waals surface area contributed by atoms with Gasteiger partial charge < -0.3 is 9.73 Å². The fourth-order valence-electron chi connectivity index (χ4n) is 2.09. The predicted octanol–water partition coefficient (Wildman–Crippen LogP) is 4.06. The molecule has 0 radical (unpaired) electrons. The van der Waals surface area contributed by atoms with Gasteiger partial charge in [0.15, 0.2) is 0 Å². The lowest BCUT2D eigenvalue weighted by Gasteiger charge is -2.05. The molecule has 0 aliphatic heterocycles. The van der Waals surface area contributed by atoms with E-state index in [1.54, 1.807) is 12.3 Å². The molecular formula is C16H11FN2O. The smallest absolute Gasteiger partial charge is 0.141 e. The second-order valence-electron chi connectivity index (χ2n) is 4.42. The van der Waals surface area contributed by atoms with E-state index in [-0.39, 0.29) is 5.56 Å². The van der Waals surface area contributed by atoms with Gasteiger partial charge in [-0.25, -0.2) is 4.39 Å². The van der Waals surface area contributed by atoms with Crippen molar-refractivity contribution in [1.29, 1.82) is 5.26 Å². The summed E-state index contributed by atoms with van der Waals surface area (Å²) in [7, 11) is 0. The summed E-state index contributed by atoms with van der Waals surface area (Å²) in [5, 5.41) is 13.0. The average Bonchev–Trinajstić information content (AvgIpc) is 2.90. The summed E-state index contributed by atoms with van der Waals surface area (Å²) >= 11 is 0. The number of fused-ring (bicyclic) bond motifs is 1. The van der Waals surface area contributed by atoms with Crippen molar-refractivity contribution in [3.63, 3.8) is 0 Å². The number of furan rings is 1. The zero-order chi connectivity index (χ0) is 13.9. The van der Waals surface area contributed by atoms with Gasteiger partial charge in [-0.1, -0.05) is 18.2 Å². The lowest BCUT2D eigenvalue weighted by molar-refractivity contribution is 0.611. The Labute approximate surface area is 115 Å². The summed E-state index contributed by atoms with van der Waals surface area (Å²) in [6.07, 6.45) is 1.70. The van der Waals surface area contributed by atoms with E-state index in [0.29, 0.717) is 12.2 Å². The van der Waals surface area contributed by atoms with Crippen molar-refractivity contribution in [2.45, 2.75) is 6.54 Å². The molecule has 20 heavy (non-hydrogen) atoms. The minimum absolute atomic E-state index is 0.0343. The number of hydrogen-bond donors (Lipinski definition) is 1. The van der Waals surface area contributed by atoms with E-state index in [0.717, 1.165) is 16.5 Å². The Morgan fingerprint density at radius 2 is 2.05 bits per heavy atom. The molecule has 0 aliphatic rings. The topological polar surface area (TPSA) is 49.0 Å². The highest BCUT2D eigenvalue weighted by Crippen LogP contribution is 2.22. The minimum Gasteiger partial charge on any atom is -0.464 e. The van der Waals surface area contributed by atoms with Crippen molar-refractivity contribution >= 4 is 16.7 Å². The van der Waals surface area contributed by atoms with Gasteiger partial charge in [-0.3, -0.25) is 0 Å². The molecule has 1 aromatic heterocycles. The maximum absolute atomic E-state index is 13.2. The molecule has 3 nitrogen and oxygen atoms in total. The highest BCUT2D eigenvalue weighted by molar-refractivity contribution is 5.81. The normalized spacial score (nSPS) is 10.4. The molecule has 1 heterocycles. The molecule has 1 N–H and O–H groups in total. The zero-order valence-electron chi connectivity index (χ0n) is 10.6. The summed E-state index contributed by atoms with van der Waals surface area (Å²) in [6, 6.07) is 14.0. The molecule has 0 bridgehead atoms. The highest BCUT2D eigenvalue weighted by atomic mass is 19.1. The molecule has 3 rings (SSSR count). The van der Waals surface area contributed by atoms with Gasteiger partial charge in [0, 0.05) is 23.2 Å². The Morgan fingerprint density at radius 1 is 1.20 bits per heavy atom. The average molecular weight is 266 g/mol. The van der Waals surface area contributed by atoms with Crippen LogP contribution < -0.4 is 5.32 Å². The van der Waals surface area contributed by atoms with Crippen LogP contribution in [-0.2, 0) is 6.54 Å². The fraction of sp³-hybridized carbons (Fsp3) is 0.0625. The van der Waals surface area contributed by atoms with Crippen molar-refractivity contribution < 1.29 is 8.81 Å². The third-order valence-electron chi connectivity index (χ3n) is 3.13. The zero-order valence-corrected chi connectivity index (χ0v) is 10.6. The van der Waals surface area contributed by atoms with Gasteiger partial charge in [-0.2, -0.15) is 5.26 Å². The molecule has 4 heteroatoms. The third kappa shape index (κ3) is 2.21. The number of hydrogen-bond acceptors (Lipinski definition) is 3. The van der Waals surface area contributed by atoms with Crippen molar-refractivity contribution in [2.24, 2.45) is 0 Å². The molecule has 0 atom stereocenters. The molecular weight excluding hydrogens is 255 g/mol. The maximum Gasteiger partial charge on any atom is 0.141 e. The van der Waals surface area contributed by atoms with E-state index < -0.39 is 5.82 Å². The lowest BCUT2D eigenvalue weighted by atomic mass is 10.1. The molecule has 0 aliphatic carbocycles. The van der Waals surface area contributed by atoms with E-state index in [1.807, 2.05) is 30.3 Å². The largest absolute Gasteiger partial charge is 0.464 e. The van der Waals surface area contributed by atoms with E-state index in [2.05, 4.69) is 5.32 Å². The van der Waals surface area contributed by atoms with Gasteiger partial charge in [-0.15, -0.1) is 0 Å². The fourth-order valence-corrected chi connectivity index (χ4v) is 2.09. The third-order valence-corrected chi connectivity index (χ3v) is 3.13. The van der Waals surface area contributed by atoms with Gasteiger partial charge >= 0.3 is 0 Å². The second-order valence-corrected chi connectivity index (χ2v) is 4.42. The van der Waals surface area contributed by atoms with Crippen LogP contribution in [0.2, 0.25) is 0 Å². The number of nitrogens with zero attached hydrogens (tertiary/aromatic N) is 1. The molecule has 0 fully saturated rings. The van der Waals surface area contributed by atoms with Crippen LogP contribution in [0.4, 0.5) is 10.1 Å². The van der Waals surface area contributed by atoms with Crippen LogP contribution in [0, 0.1) is 17.1 Å². The van der Waals surface area contributed by atoms with Crippen LogP contribution in [0.25, 0.3) is 11.0 Å². The van der Waals surface area contributed by atoms with Crippen molar-refractivity contribution in [3.8, 4) is 6.07 Å². The molecule has 0 amide bonds. The molecule has 3 aromatic rings. The summed E-state index contributed by atoms with van der Waals surface area (Å²) in [4.78, 5) is 0. The second kappa shape index (κ2) is 5.06. The predicted molar refractivity (Wildman–Crippen MR) is 74.7 cm³/mol. The van der Waals surface area contributed by atoms with Crippen LogP contribution in [-0.4, -0.2) is 0 Å². The van der Waals surface area contributed by atoms with E-state index in [1.165, 1.54) is 12.1 Å². The molecule has 0 spiro atoms. The first-order valence-corrected chi connectivity index (χ1v) is 6.16.